The first-order chi connectivity index (χ1) is 9.94. The monoisotopic (exact) mass is 286 g/mol. The molecule has 21 heavy (non-hydrogen) atoms. The Bertz CT molecular complexity index is 606. The number of hydrogen-bond acceptors (Lipinski definition) is 5. The van der Waals surface area contributed by atoms with E-state index in [0.717, 1.165) is 11.3 Å². The molecule has 0 aliphatic rings. The second-order valence-electron chi connectivity index (χ2n) is 5.47. The molecule has 0 saturated carbocycles. The summed E-state index contributed by atoms with van der Waals surface area (Å²) in [4.78, 5) is 19.9. The number of carbonyl (C=O) groups is 1. The van der Waals surface area contributed by atoms with Crippen molar-refractivity contribution >= 4 is 5.97 Å². The number of nitrogens with zero attached hydrogens (tertiary/aromatic N) is 2. The third kappa shape index (κ3) is 4.87. The Labute approximate surface area is 124 Å². The molecule has 0 fully saturated rings. The van der Waals surface area contributed by atoms with E-state index in [2.05, 4.69) is 9.97 Å². The zero-order chi connectivity index (χ0) is 15.3. The number of pyridine rings is 2. The van der Waals surface area contributed by atoms with Gasteiger partial charge in [0.05, 0.1) is 5.69 Å². The average Bonchev–Trinajstić information content (AvgIpc) is 2.45. The first-order valence-corrected chi connectivity index (χ1v) is 6.66. The van der Waals surface area contributed by atoms with E-state index in [1.54, 1.807) is 18.5 Å². The molecule has 2 aromatic heterocycles. The highest BCUT2D eigenvalue weighted by Crippen LogP contribution is 2.18. The van der Waals surface area contributed by atoms with Gasteiger partial charge in [0, 0.05) is 24.0 Å². The fourth-order valence-electron chi connectivity index (χ4n) is 1.68. The molecular weight excluding hydrogens is 268 g/mol. The van der Waals surface area contributed by atoms with Crippen LogP contribution in [0, 0.1) is 0 Å². The molecule has 5 nitrogen and oxygen atoms in total. The SMILES string of the molecule is CC(C)(C)OC(=O)COc1cccc(-c2ccncc2)n1. The highest BCUT2D eigenvalue weighted by molar-refractivity contribution is 5.71. The zero-order valence-electron chi connectivity index (χ0n) is 12.4. The summed E-state index contributed by atoms with van der Waals surface area (Å²) in [6.07, 6.45) is 3.40. The summed E-state index contributed by atoms with van der Waals surface area (Å²) in [5, 5.41) is 0. The maximum atomic E-state index is 11.6. The van der Waals surface area contributed by atoms with Crippen molar-refractivity contribution in [1.82, 2.24) is 9.97 Å². The lowest BCUT2D eigenvalue weighted by molar-refractivity contribution is -0.157. The maximum absolute atomic E-state index is 11.6. The molecule has 0 unspecified atom stereocenters. The molecule has 2 rings (SSSR count). The van der Waals surface area contributed by atoms with Crippen LogP contribution in [0.2, 0.25) is 0 Å². The number of rotatable bonds is 4. The minimum Gasteiger partial charge on any atom is -0.466 e. The highest BCUT2D eigenvalue weighted by atomic mass is 16.6. The van der Waals surface area contributed by atoms with E-state index in [9.17, 15) is 4.79 Å². The topological polar surface area (TPSA) is 61.3 Å². The van der Waals surface area contributed by atoms with Crippen LogP contribution in [0.1, 0.15) is 20.8 Å². The molecule has 0 N–H and O–H groups in total. The summed E-state index contributed by atoms with van der Waals surface area (Å²) >= 11 is 0. The van der Waals surface area contributed by atoms with Crippen molar-refractivity contribution in [2.45, 2.75) is 26.4 Å². The minimum absolute atomic E-state index is 0.163. The van der Waals surface area contributed by atoms with Gasteiger partial charge in [-0.3, -0.25) is 4.98 Å². The van der Waals surface area contributed by atoms with E-state index >= 15 is 0 Å². The van der Waals surface area contributed by atoms with Crippen LogP contribution in [-0.2, 0) is 9.53 Å². The van der Waals surface area contributed by atoms with Crippen LogP contribution < -0.4 is 4.74 Å². The second kappa shape index (κ2) is 6.35. The molecule has 0 aliphatic carbocycles. The van der Waals surface area contributed by atoms with Crippen molar-refractivity contribution in [3.05, 3.63) is 42.7 Å². The normalized spacial score (nSPS) is 11.0. The number of ether oxygens (including phenoxy) is 2. The van der Waals surface area contributed by atoms with Gasteiger partial charge in [0.2, 0.25) is 5.88 Å². The molecule has 2 aromatic rings. The average molecular weight is 286 g/mol. The number of aromatic nitrogens is 2. The molecule has 0 aromatic carbocycles. The van der Waals surface area contributed by atoms with E-state index in [0.29, 0.717) is 5.88 Å². The van der Waals surface area contributed by atoms with Crippen molar-refractivity contribution < 1.29 is 14.3 Å². The molecule has 0 spiro atoms. The van der Waals surface area contributed by atoms with Crippen molar-refractivity contribution in [2.24, 2.45) is 0 Å². The minimum atomic E-state index is -0.521. The summed E-state index contributed by atoms with van der Waals surface area (Å²) in [6.45, 7) is 5.28. The van der Waals surface area contributed by atoms with Gasteiger partial charge in [-0.15, -0.1) is 0 Å². The predicted molar refractivity (Wildman–Crippen MR) is 78.8 cm³/mol. The van der Waals surface area contributed by atoms with Gasteiger partial charge in [0.25, 0.3) is 0 Å². The fraction of sp³-hybridized carbons (Fsp3) is 0.312. The molecule has 0 amide bonds. The van der Waals surface area contributed by atoms with E-state index in [4.69, 9.17) is 9.47 Å². The zero-order valence-corrected chi connectivity index (χ0v) is 12.4. The quantitative estimate of drug-likeness (QED) is 0.809. The smallest absolute Gasteiger partial charge is 0.344 e. The number of carbonyl (C=O) groups excluding carboxylic acids is 1. The summed E-state index contributed by atoms with van der Waals surface area (Å²) in [7, 11) is 0. The van der Waals surface area contributed by atoms with E-state index in [1.807, 2.05) is 45.0 Å². The van der Waals surface area contributed by atoms with Crippen molar-refractivity contribution in [3.63, 3.8) is 0 Å². The Morgan fingerprint density at radius 3 is 2.52 bits per heavy atom. The van der Waals surface area contributed by atoms with Crippen LogP contribution in [0.25, 0.3) is 11.3 Å². The van der Waals surface area contributed by atoms with Crippen LogP contribution in [0.15, 0.2) is 42.7 Å². The fourth-order valence-corrected chi connectivity index (χ4v) is 1.68. The third-order valence-electron chi connectivity index (χ3n) is 2.46. The van der Waals surface area contributed by atoms with E-state index in [-0.39, 0.29) is 6.61 Å². The standard InChI is InChI=1S/C16H18N2O3/c1-16(2,3)21-15(19)11-20-14-6-4-5-13(18-14)12-7-9-17-10-8-12/h4-10H,11H2,1-3H3. The lowest BCUT2D eigenvalue weighted by Crippen LogP contribution is -2.27. The van der Waals surface area contributed by atoms with Gasteiger partial charge in [0.1, 0.15) is 5.60 Å². The van der Waals surface area contributed by atoms with Gasteiger partial charge in [-0.05, 0) is 39.0 Å². The first kappa shape index (κ1) is 15.0. The van der Waals surface area contributed by atoms with Gasteiger partial charge >= 0.3 is 5.97 Å². The van der Waals surface area contributed by atoms with Crippen molar-refractivity contribution in [3.8, 4) is 17.1 Å². The number of esters is 1. The van der Waals surface area contributed by atoms with Crippen LogP contribution in [0.4, 0.5) is 0 Å². The molecule has 110 valence electrons. The van der Waals surface area contributed by atoms with Crippen LogP contribution in [0.5, 0.6) is 5.88 Å². The van der Waals surface area contributed by atoms with Crippen LogP contribution in [0.3, 0.4) is 0 Å². The van der Waals surface area contributed by atoms with Gasteiger partial charge in [-0.2, -0.15) is 0 Å². The molecule has 0 bridgehead atoms. The maximum Gasteiger partial charge on any atom is 0.344 e. The summed E-state index contributed by atoms with van der Waals surface area (Å²) < 4.78 is 10.5. The summed E-state index contributed by atoms with van der Waals surface area (Å²) in [5.74, 6) is -0.0335. The van der Waals surface area contributed by atoms with Gasteiger partial charge in [-0.1, -0.05) is 6.07 Å². The highest BCUT2D eigenvalue weighted by Gasteiger charge is 2.16. The lowest BCUT2D eigenvalue weighted by Gasteiger charge is -2.19. The van der Waals surface area contributed by atoms with E-state index < -0.39 is 11.6 Å². The summed E-state index contributed by atoms with van der Waals surface area (Å²) in [5.41, 5.74) is 1.18. The molecule has 5 heteroatoms. The second-order valence-corrected chi connectivity index (χ2v) is 5.47. The predicted octanol–water partition coefficient (Wildman–Crippen LogP) is 2.86. The van der Waals surface area contributed by atoms with Gasteiger partial charge in [0.15, 0.2) is 6.61 Å². The number of hydrogen-bond donors (Lipinski definition) is 0. The Balaban J connectivity index is 2.01. The summed E-state index contributed by atoms with van der Waals surface area (Å²) in [6, 6.07) is 9.12. The molecule has 0 radical (unpaired) electrons. The Kier molecular flexibility index (Phi) is 4.52. The van der Waals surface area contributed by atoms with Gasteiger partial charge in [-0.25, -0.2) is 9.78 Å². The Morgan fingerprint density at radius 1 is 1.14 bits per heavy atom. The molecular formula is C16H18N2O3. The van der Waals surface area contributed by atoms with Crippen molar-refractivity contribution in [2.75, 3.05) is 6.61 Å². The molecule has 0 atom stereocenters. The van der Waals surface area contributed by atoms with E-state index in [1.165, 1.54) is 0 Å². The molecule has 0 aliphatic heterocycles. The molecule has 0 saturated heterocycles. The first-order valence-electron chi connectivity index (χ1n) is 6.66. The lowest BCUT2D eigenvalue weighted by atomic mass is 10.2. The molecule has 2 heterocycles. The van der Waals surface area contributed by atoms with Crippen LogP contribution in [-0.4, -0.2) is 28.1 Å². The van der Waals surface area contributed by atoms with Crippen LogP contribution >= 0.6 is 0 Å². The van der Waals surface area contributed by atoms with Gasteiger partial charge < -0.3 is 9.47 Å². The Hall–Kier alpha value is -2.43. The Morgan fingerprint density at radius 2 is 1.86 bits per heavy atom. The van der Waals surface area contributed by atoms with Crippen molar-refractivity contribution in [1.29, 1.82) is 0 Å². The third-order valence-corrected chi connectivity index (χ3v) is 2.46. The largest absolute Gasteiger partial charge is 0.466 e.